The largest absolute Gasteiger partial charge is 0.384 e. The Kier molecular flexibility index (Phi) is 4.75. The molecule has 2 rings (SSSR count). The summed E-state index contributed by atoms with van der Waals surface area (Å²) in [4.78, 5) is 14.6. The van der Waals surface area contributed by atoms with Crippen LogP contribution in [0.1, 0.15) is 12.8 Å². The second-order valence-corrected chi connectivity index (χ2v) is 6.80. The minimum absolute atomic E-state index is 0.197. The number of amides is 1. The highest BCUT2D eigenvalue weighted by Crippen LogP contribution is 2.32. The van der Waals surface area contributed by atoms with Gasteiger partial charge in [0.25, 0.3) is 0 Å². The van der Waals surface area contributed by atoms with Crippen LogP contribution < -0.4 is 5.32 Å². The number of piperidine rings is 1. The maximum absolute atomic E-state index is 12.7. The summed E-state index contributed by atoms with van der Waals surface area (Å²) in [5, 5.41) is 3.29. The molecule has 0 aromatic heterocycles. The fourth-order valence-corrected chi connectivity index (χ4v) is 3.83. The van der Waals surface area contributed by atoms with Crippen LogP contribution in [0.15, 0.2) is 0 Å². The quantitative estimate of drug-likeness (QED) is 0.760. The van der Waals surface area contributed by atoms with Crippen LogP contribution in [0.2, 0.25) is 0 Å². The van der Waals surface area contributed by atoms with Crippen molar-refractivity contribution >= 4 is 16.7 Å². The van der Waals surface area contributed by atoms with Gasteiger partial charge in [0.1, 0.15) is 0 Å². The molecule has 2 fully saturated rings. The van der Waals surface area contributed by atoms with Gasteiger partial charge in [0.15, 0.2) is 0 Å². The van der Waals surface area contributed by atoms with Crippen LogP contribution in [-0.4, -0.2) is 66.4 Å². The molecule has 2 aliphatic rings. The van der Waals surface area contributed by atoms with E-state index in [1.807, 2.05) is 4.90 Å². The first-order valence-corrected chi connectivity index (χ1v) is 8.01. The number of hydrogen-bond acceptors (Lipinski definition) is 4. The summed E-state index contributed by atoms with van der Waals surface area (Å²) < 4.78 is 16.6. The highest BCUT2D eigenvalue weighted by Gasteiger charge is 2.42. The topological polar surface area (TPSA) is 58.6 Å². The van der Waals surface area contributed by atoms with Crippen molar-refractivity contribution in [1.29, 1.82) is 0 Å². The molecule has 18 heavy (non-hydrogen) atoms. The zero-order valence-electron chi connectivity index (χ0n) is 10.9. The SMILES string of the molecule is COCC1(C(=O)N2CCS(=O)CC2)CCNCC1. The highest BCUT2D eigenvalue weighted by molar-refractivity contribution is 7.85. The predicted octanol–water partition coefficient (Wildman–Crippen LogP) is -0.406. The molecular formula is C12H22N2O3S. The summed E-state index contributed by atoms with van der Waals surface area (Å²) >= 11 is 0. The van der Waals surface area contributed by atoms with Crippen molar-refractivity contribution < 1.29 is 13.7 Å². The van der Waals surface area contributed by atoms with Gasteiger partial charge in [0.2, 0.25) is 5.91 Å². The number of carbonyl (C=O) groups excluding carboxylic acids is 1. The average Bonchev–Trinajstić information content (AvgIpc) is 2.40. The van der Waals surface area contributed by atoms with Gasteiger partial charge in [-0.15, -0.1) is 0 Å². The summed E-state index contributed by atoms with van der Waals surface area (Å²) in [5.41, 5.74) is -0.362. The molecule has 0 aliphatic carbocycles. The van der Waals surface area contributed by atoms with Crippen molar-refractivity contribution in [1.82, 2.24) is 10.2 Å². The molecular weight excluding hydrogens is 252 g/mol. The smallest absolute Gasteiger partial charge is 0.231 e. The third-order valence-corrected chi connectivity index (χ3v) is 5.18. The van der Waals surface area contributed by atoms with E-state index in [1.54, 1.807) is 7.11 Å². The van der Waals surface area contributed by atoms with Crippen molar-refractivity contribution in [3.63, 3.8) is 0 Å². The molecule has 0 bridgehead atoms. The van der Waals surface area contributed by atoms with Gasteiger partial charge in [-0.2, -0.15) is 0 Å². The first kappa shape index (κ1) is 14.0. The number of nitrogens with one attached hydrogen (secondary N) is 1. The van der Waals surface area contributed by atoms with Gasteiger partial charge < -0.3 is 15.0 Å². The van der Waals surface area contributed by atoms with Crippen LogP contribution in [0.4, 0.5) is 0 Å². The Hall–Kier alpha value is -0.460. The Morgan fingerprint density at radius 2 is 1.94 bits per heavy atom. The van der Waals surface area contributed by atoms with Gasteiger partial charge in [-0.25, -0.2) is 0 Å². The number of hydrogen-bond donors (Lipinski definition) is 1. The molecule has 5 nitrogen and oxygen atoms in total. The first-order chi connectivity index (χ1) is 8.68. The molecule has 104 valence electrons. The van der Waals surface area contributed by atoms with Gasteiger partial charge in [-0.05, 0) is 25.9 Å². The van der Waals surface area contributed by atoms with E-state index in [0.29, 0.717) is 31.2 Å². The third kappa shape index (κ3) is 2.92. The van der Waals surface area contributed by atoms with Crippen LogP contribution >= 0.6 is 0 Å². The van der Waals surface area contributed by atoms with Crippen LogP contribution in [0.3, 0.4) is 0 Å². The molecule has 1 N–H and O–H groups in total. The van der Waals surface area contributed by atoms with Crippen molar-refractivity contribution in [2.75, 3.05) is 51.4 Å². The van der Waals surface area contributed by atoms with E-state index >= 15 is 0 Å². The number of nitrogens with zero attached hydrogens (tertiary/aromatic N) is 1. The zero-order chi connectivity index (χ0) is 13.0. The maximum atomic E-state index is 12.7. The predicted molar refractivity (Wildman–Crippen MR) is 70.9 cm³/mol. The standard InChI is InChI=1S/C12H22N2O3S/c1-17-10-12(2-4-13-5-3-12)11(15)14-6-8-18(16)9-7-14/h13H,2-10H2,1H3. The second-order valence-electron chi connectivity index (χ2n) is 5.10. The van der Waals surface area contributed by atoms with E-state index in [0.717, 1.165) is 25.9 Å². The van der Waals surface area contributed by atoms with E-state index < -0.39 is 10.8 Å². The molecule has 2 heterocycles. The first-order valence-electron chi connectivity index (χ1n) is 6.52. The van der Waals surface area contributed by atoms with Gasteiger partial charge in [-0.1, -0.05) is 0 Å². The molecule has 0 radical (unpaired) electrons. The summed E-state index contributed by atoms with van der Waals surface area (Å²) in [6, 6.07) is 0. The second kappa shape index (κ2) is 6.12. The summed E-state index contributed by atoms with van der Waals surface area (Å²) in [5.74, 6) is 1.43. The lowest BCUT2D eigenvalue weighted by Gasteiger charge is -2.40. The summed E-state index contributed by atoms with van der Waals surface area (Å²) in [7, 11) is 0.918. The van der Waals surface area contributed by atoms with Crippen molar-refractivity contribution in [2.24, 2.45) is 5.41 Å². The van der Waals surface area contributed by atoms with Crippen molar-refractivity contribution in [3.8, 4) is 0 Å². The lowest BCUT2D eigenvalue weighted by atomic mass is 9.78. The molecule has 0 atom stereocenters. The van der Waals surface area contributed by atoms with Crippen LogP contribution in [0, 0.1) is 5.41 Å². The Morgan fingerprint density at radius 3 is 2.50 bits per heavy atom. The van der Waals surface area contributed by atoms with Crippen LogP contribution in [0.5, 0.6) is 0 Å². The normalized spacial score (nSPS) is 25.1. The zero-order valence-corrected chi connectivity index (χ0v) is 11.8. The number of rotatable bonds is 3. The number of carbonyl (C=O) groups is 1. The molecule has 0 spiro atoms. The minimum atomic E-state index is -0.737. The summed E-state index contributed by atoms with van der Waals surface area (Å²) in [6.07, 6.45) is 1.67. The lowest BCUT2D eigenvalue weighted by molar-refractivity contribution is -0.147. The van der Waals surface area contributed by atoms with Gasteiger partial charge in [-0.3, -0.25) is 9.00 Å². The number of methoxy groups -OCH3 is 1. The van der Waals surface area contributed by atoms with Gasteiger partial charge in [0.05, 0.1) is 12.0 Å². The molecule has 6 heteroatoms. The van der Waals surface area contributed by atoms with E-state index in [9.17, 15) is 9.00 Å². The van der Waals surface area contributed by atoms with Gasteiger partial charge >= 0.3 is 0 Å². The molecule has 0 aromatic rings. The highest BCUT2D eigenvalue weighted by atomic mass is 32.2. The van der Waals surface area contributed by atoms with Crippen LogP contribution in [-0.2, 0) is 20.3 Å². The molecule has 1 amide bonds. The van der Waals surface area contributed by atoms with E-state index in [-0.39, 0.29) is 11.3 Å². The van der Waals surface area contributed by atoms with E-state index in [1.165, 1.54) is 0 Å². The molecule has 2 aliphatic heterocycles. The Balaban J connectivity index is 2.05. The number of ether oxygens (including phenoxy) is 1. The van der Waals surface area contributed by atoms with Gasteiger partial charge in [0, 0.05) is 42.5 Å². The lowest BCUT2D eigenvalue weighted by Crippen LogP contribution is -2.54. The Labute approximate surface area is 111 Å². The van der Waals surface area contributed by atoms with Crippen molar-refractivity contribution in [2.45, 2.75) is 12.8 Å². The monoisotopic (exact) mass is 274 g/mol. The van der Waals surface area contributed by atoms with Crippen LogP contribution in [0.25, 0.3) is 0 Å². The molecule has 0 aromatic carbocycles. The van der Waals surface area contributed by atoms with Crippen molar-refractivity contribution in [3.05, 3.63) is 0 Å². The molecule has 0 saturated carbocycles. The Morgan fingerprint density at radius 1 is 1.33 bits per heavy atom. The fraction of sp³-hybridized carbons (Fsp3) is 0.917. The minimum Gasteiger partial charge on any atom is -0.384 e. The van der Waals surface area contributed by atoms with E-state index in [2.05, 4.69) is 5.32 Å². The molecule has 2 saturated heterocycles. The Bertz CT molecular complexity index is 314. The summed E-state index contributed by atoms with van der Waals surface area (Å²) in [6.45, 7) is 3.49. The fourth-order valence-electron chi connectivity index (χ4n) is 2.78. The molecule has 0 unspecified atom stereocenters. The maximum Gasteiger partial charge on any atom is 0.231 e. The van der Waals surface area contributed by atoms with E-state index in [4.69, 9.17) is 4.74 Å². The third-order valence-electron chi connectivity index (χ3n) is 3.90. The average molecular weight is 274 g/mol.